The minimum absolute atomic E-state index is 0.130. The first-order chi connectivity index (χ1) is 11.4. The molecule has 0 bridgehead atoms. The van der Waals surface area contributed by atoms with Crippen LogP contribution in [0.1, 0.15) is 31.7 Å². The maximum atomic E-state index is 12.6. The highest BCUT2D eigenvalue weighted by Gasteiger charge is 2.25. The second-order valence-corrected chi connectivity index (χ2v) is 8.32. The Morgan fingerprint density at radius 2 is 1.83 bits per heavy atom. The molecule has 1 aromatic carbocycles. The Morgan fingerprint density at radius 1 is 1.25 bits per heavy atom. The van der Waals surface area contributed by atoms with Gasteiger partial charge >= 0.3 is 0 Å². The first-order valence-electron chi connectivity index (χ1n) is 8.41. The Balaban J connectivity index is 2.06. The Morgan fingerprint density at radius 3 is 2.38 bits per heavy atom. The Labute approximate surface area is 144 Å². The van der Waals surface area contributed by atoms with E-state index in [4.69, 9.17) is 0 Å². The second-order valence-electron chi connectivity index (χ2n) is 6.27. The summed E-state index contributed by atoms with van der Waals surface area (Å²) in [5.41, 5.74) is 1.12. The van der Waals surface area contributed by atoms with Gasteiger partial charge in [-0.2, -0.15) is 4.31 Å². The molecule has 134 valence electrons. The number of hydrogen-bond donors (Lipinski definition) is 1. The van der Waals surface area contributed by atoms with Crippen molar-refractivity contribution in [1.82, 2.24) is 14.5 Å². The number of sulfonamides is 1. The van der Waals surface area contributed by atoms with Crippen molar-refractivity contribution in [3.05, 3.63) is 29.8 Å². The number of nitrogens with zero attached hydrogens (tertiary/aromatic N) is 2. The van der Waals surface area contributed by atoms with Crippen LogP contribution in [0.2, 0.25) is 0 Å². The molecule has 1 aromatic rings. The topological polar surface area (TPSA) is 69.7 Å². The van der Waals surface area contributed by atoms with Gasteiger partial charge in [-0.3, -0.25) is 4.79 Å². The van der Waals surface area contributed by atoms with E-state index in [2.05, 4.69) is 19.2 Å². The van der Waals surface area contributed by atoms with E-state index in [1.165, 1.54) is 7.05 Å². The van der Waals surface area contributed by atoms with Crippen molar-refractivity contribution in [3.8, 4) is 0 Å². The van der Waals surface area contributed by atoms with Crippen LogP contribution in [0.15, 0.2) is 29.2 Å². The number of amides is 1. The summed E-state index contributed by atoms with van der Waals surface area (Å²) in [4.78, 5) is 14.2. The summed E-state index contributed by atoms with van der Waals surface area (Å²) >= 11 is 0. The molecular weight excluding hydrogens is 326 g/mol. The fraction of sp³-hybridized carbons (Fsp3) is 0.588. The Hall–Kier alpha value is -1.44. The zero-order valence-electron chi connectivity index (χ0n) is 14.7. The number of nitrogens with one attached hydrogen (secondary N) is 1. The van der Waals surface area contributed by atoms with E-state index in [1.54, 1.807) is 17.0 Å². The summed E-state index contributed by atoms with van der Waals surface area (Å²) in [6.45, 7) is 6.83. The molecule has 1 amide bonds. The van der Waals surface area contributed by atoms with Gasteiger partial charge in [-0.1, -0.05) is 26.0 Å². The fourth-order valence-electron chi connectivity index (χ4n) is 2.67. The normalized spacial score (nSPS) is 17.1. The van der Waals surface area contributed by atoms with Gasteiger partial charge in [0.25, 0.3) is 0 Å². The Kier molecular flexibility index (Phi) is 6.37. The molecular formula is C17H27N3O3S. The summed E-state index contributed by atoms with van der Waals surface area (Å²) in [5.74, 6) is 0.243. The van der Waals surface area contributed by atoms with Gasteiger partial charge in [0, 0.05) is 33.2 Å². The molecule has 1 heterocycles. The molecule has 0 aliphatic carbocycles. The van der Waals surface area contributed by atoms with Gasteiger partial charge < -0.3 is 10.2 Å². The van der Waals surface area contributed by atoms with Crippen LogP contribution in [0.4, 0.5) is 0 Å². The third-order valence-corrected chi connectivity index (χ3v) is 6.41. The zero-order valence-corrected chi connectivity index (χ0v) is 15.5. The molecule has 7 heteroatoms. The van der Waals surface area contributed by atoms with Crippen molar-refractivity contribution in [3.63, 3.8) is 0 Å². The zero-order chi connectivity index (χ0) is 17.7. The lowest BCUT2D eigenvalue weighted by atomic mass is 9.99. The minimum Gasteiger partial charge on any atom is -0.339 e. The van der Waals surface area contributed by atoms with Crippen molar-refractivity contribution in [2.24, 2.45) is 0 Å². The summed E-state index contributed by atoms with van der Waals surface area (Å²) in [6.07, 6.45) is 1.01. The van der Waals surface area contributed by atoms with Gasteiger partial charge in [-0.15, -0.1) is 0 Å². The first kappa shape index (κ1) is 18.9. The number of hydrogen-bond acceptors (Lipinski definition) is 4. The number of rotatable bonds is 6. The SMILES string of the molecule is CCC(C)c1ccc(S(=O)(=O)N(C)CC(=O)N2CCNCC2)cc1. The standard InChI is InChI=1S/C17H27N3O3S/c1-4-14(2)15-5-7-16(8-6-15)24(22,23)19(3)13-17(21)20-11-9-18-10-12-20/h5-8,14,18H,4,9-13H2,1-3H3. The van der Waals surface area contributed by atoms with Crippen LogP contribution >= 0.6 is 0 Å². The molecule has 0 spiro atoms. The van der Waals surface area contributed by atoms with E-state index >= 15 is 0 Å². The van der Waals surface area contributed by atoms with Crippen LogP contribution in [0.3, 0.4) is 0 Å². The van der Waals surface area contributed by atoms with Crippen LogP contribution in [0.25, 0.3) is 0 Å². The summed E-state index contributed by atoms with van der Waals surface area (Å²) in [5, 5.41) is 3.17. The average molecular weight is 353 g/mol. The first-order valence-corrected chi connectivity index (χ1v) is 9.85. The lowest BCUT2D eigenvalue weighted by Crippen LogP contribution is -2.49. The number of benzene rings is 1. The molecule has 1 atom stereocenters. The molecule has 1 unspecified atom stereocenters. The number of carbonyl (C=O) groups excluding carboxylic acids is 1. The fourth-order valence-corrected chi connectivity index (χ4v) is 3.79. The molecule has 0 radical (unpaired) electrons. The number of piperazine rings is 1. The average Bonchev–Trinajstić information content (AvgIpc) is 2.61. The van der Waals surface area contributed by atoms with Gasteiger partial charge in [0.1, 0.15) is 0 Å². The van der Waals surface area contributed by atoms with Crippen molar-refractivity contribution in [2.75, 3.05) is 39.8 Å². The molecule has 1 aliphatic rings. The van der Waals surface area contributed by atoms with Crippen LogP contribution < -0.4 is 5.32 Å². The monoisotopic (exact) mass is 353 g/mol. The maximum absolute atomic E-state index is 12.6. The summed E-state index contributed by atoms with van der Waals surface area (Å²) < 4.78 is 26.4. The highest BCUT2D eigenvalue weighted by molar-refractivity contribution is 7.89. The smallest absolute Gasteiger partial charge is 0.243 e. The van der Waals surface area contributed by atoms with Gasteiger partial charge in [0.15, 0.2) is 0 Å². The van der Waals surface area contributed by atoms with Crippen molar-refractivity contribution in [1.29, 1.82) is 0 Å². The molecule has 1 saturated heterocycles. The molecule has 0 aromatic heterocycles. The summed E-state index contributed by atoms with van der Waals surface area (Å²) in [7, 11) is -2.20. The lowest BCUT2D eigenvalue weighted by Gasteiger charge is -2.29. The van der Waals surface area contributed by atoms with E-state index in [0.717, 1.165) is 29.4 Å². The molecule has 2 rings (SSSR count). The number of likely N-dealkylation sites (N-methyl/N-ethyl adjacent to an activating group) is 1. The molecule has 1 aliphatic heterocycles. The minimum atomic E-state index is -3.65. The van der Waals surface area contributed by atoms with Crippen LogP contribution in [0.5, 0.6) is 0 Å². The van der Waals surface area contributed by atoms with E-state index < -0.39 is 10.0 Å². The maximum Gasteiger partial charge on any atom is 0.243 e. The van der Waals surface area contributed by atoms with Crippen LogP contribution in [-0.2, 0) is 14.8 Å². The van der Waals surface area contributed by atoms with Gasteiger partial charge in [0.05, 0.1) is 11.4 Å². The van der Waals surface area contributed by atoms with Crippen molar-refractivity contribution in [2.45, 2.75) is 31.1 Å². The van der Waals surface area contributed by atoms with Gasteiger partial charge in [0.2, 0.25) is 15.9 Å². The Bertz CT molecular complexity index is 652. The highest BCUT2D eigenvalue weighted by Crippen LogP contribution is 2.21. The molecule has 6 nitrogen and oxygen atoms in total. The summed E-state index contributed by atoms with van der Waals surface area (Å²) in [6, 6.07) is 6.96. The molecule has 24 heavy (non-hydrogen) atoms. The van der Waals surface area contributed by atoms with Crippen LogP contribution in [0, 0.1) is 0 Å². The second kappa shape index (κ2) is 8.09. The molecule has 1 N–H and O–H groups in total. The van der Waals surface area contributed by atoms with E-state index in [9.17, 15) is 13.2 Å². The van der Waals surface area contributed by atoms with Crippen molar-refractivity contribution < 1.29 is 13.2 Å². The third kappa shape index (κ3) is 4.34. The molecule has 1 fully saturated rings. The number of carbonyl (C=O) groups is 1. The molecule has 0 saturated carbocycles. The van der Waals surface area contributed by atoms with Crippen LogP contribution in [-0.4, -0.2) is 63.3 Å². The predicted octanol–water partition coefficient (Wildman–Crippen LogP) is 1.25. The predicted molar refractivity (Wildman–Crippen MR) is 94.4 cm³/mol. The highest BCUT2D eigenvalue weighted by atomic mass is 32.2. The van der Waals surface area contributed by atoms with Gasteiger partial charge in [-0.05, 0) is 30.0 Å². The lowest BCUT2D eigenvalue weighted by molar-refractivity contribution is -0.131. The van der Waals surface area contributed by atoms with Gasteiger partial charge in [-0.25, -0.2) is 8.42 Å². The van der Waals surface area contributed by atoms with E-state index in [-0.39, 0.29) is 17.3 Å². The van der Waals surface area contributed by atoms with Crippen molar-refractivity contribution >= 4 is 15.9 Å². The largest absolute Gasteiger partial charge is 0.339 e. The van der Waals surface area contributed by atoms with E-state index in [1.807, 2.05) is 12.1 Å². The van der Waals surface area contributed by atoms with E-state index in [0.29, 0.717) is 19.0 Å². The third-order valence-electron chi connectivity index (χ3n) is 4.60. The quantitative estimate of drug-likeness (QED) is 0.836.